The number of hydrogen-bond acceptors (Lipinski definition) is 4. The first-order valence-electron chi connectivity index (χ1n) is 4.54. The van der Waals surface area contributed by atoms with Crippen LogP contribution in [0.25, 0.3) is 0 Å². The normalized spacial score (nSPS) is 10.4. The Bertz CT molecular complexity index is 498. The van der Waals surface area contributed by atoms with Crippen LogP contribution in [0.15, 0.2) is 23.1 Å². The molecule has 0 atom stereocenters. The van der Waals surface area contributed by atoms with Gasteiger partial charge in [-0.15, -0.1) is 10.2 Å². The van der Waals surface area contributed by atoms with Gasteiger partial charge in [-0.25, -0.2) is 4.98 Å². The van der Waals surface area contributed by atoms with Crippen LogP contribution < -0.4 is 5.32 Å². The summed E-state index contributed by atoms with van der Waals surface area (Å²) in [6.45, 7) is 0.533. The molecule has 0 bridgehead atoms. The molecule has 1 N–H and O–H groups in total. The van der Waals surface area contributed by atoms with Gasteiger partial charge in [0.25, 0.3) is 0 Å². The van der Waals surface area contributed by atoms with Gasteiger partial charge in [0.2, 0.25) is 0 Å². The molecule has 0 aliphatic rings. The van der Waals surface area contributed by atoms with E-state index in [1.807, 2.05) is 11.6 Å². The number of anilines is 1. The van der Waals surface area contributed by atoms with Crippen LogP contribution in [0, 0.1) is 0 Å². The SMILES string of the molecule is Cn1cnnc1CNc1ncc(Br)cc1Cl. The van der Waals surface area contributed by atoms with Gasteiger partial charge in [-0.2, -0.15) is 0 Å². The third-order valence-electron chi connectivity index (χ3n) is 2.03. The van der Waals surface area contributed by atoms with Crippen LogP contribution in [-0.2, 0) is 13.6 Å². The Morgan fingerprint density at radius 3 is 3.00 bits per heavy atom. The second kappa shape index (κ2) is 4.80. The van der Waals surface area contributed by atoms with E-state index in [0.717, 1.165) is 10.3 Å². The molecule has 7 heteroatoms. The molecule has 16 heavy (non-hydrogen) atoms. The van der Waals surface area contributed by atoms with E-state index in [1.54, 1.807) is 18.6 Å². The highest BCUT2D eigenvalue weighted by atomic mass is 79.9. The Morgan fingerprint density at radius 2 is 2.38 bits per heavy atom. The molecule has 0 spiro atoms. The van der Waals surface area contributed by atoms with Crippen molar-refractivity contribution >= 4 is 33.3 Å². The molecule has 0 aromatic carbocycles. The van der Waals surface area contributed by atoms with E-state index >= 15 is 0 Å². The van der Waals surface area contributed by atoms with Crippen LogP contribution in [0.3, 0.4) is 0 Å². The van der Waals surface area contributed by atoms with Gasteiger partial charge in [-0.1, -0.05) is 11.6 Å². The summed E-state index contributed by atoms with van der Waals surface area (Å²) in [5, 5.41) is 11.4. The van der Waals surface area contributed by atoms with Crippen LogP contribution in [-0.4, -0.2) is 19.7 Å². The fraction of sp³-hybridized carbons (Fsp3) is 0.222. The van der Waals surface area contributed by atoms with Crippen molar-refractivity contribution in [2.24, 2.45) is 7.05 Å². The number of nitrogens with zero attached hydrogens (tertiary/aromatic N) is 4. The molecule has 0 saturated heterocycles. The average molecular weight is 303 g/mol. The summed E-state index contributed by atoms with van der Waals surface area (Å²) in [7, 11) is 1.88. The fourth-order valence-corrected chi connectivity index (χ4v) is 1.87. The van der Waals surface area contributed by atoms with Crippen molar-refractivity contribution in [3.63, 3.8) is 0 Å². The quantitative estimate of drug-likeness (QED) is 0.945. The van der Waals surface area contributed by atoms with Crippen molar-refractivity contribution in [3.8, 4) is 0 Å². The molecule has 2 aromatic rings. The van der Waals surface area contributed by atoms with Crippen molar-refractivity contribution in [1.82, 2.24) is 19.7 Å². The lowest BCUT2D eigenvalue weighted by atomic mass is 10.4. The molecule has 0 fully saturated rings. The summed E-state index contributed by atoms with van der Waals surface area (Å²) in [4.78, 5) is 4.16. The first kappa shape index (κ1) is 11.3. The van der Waals surface area contributed by atoms with Crippen LogP contribution >= 0.6 is 27.5 Å². The minimum absolute atomic E-state index is 0.533. The summed E-state index contributed by atoms with van der Waals surface area (Å²) in [6, 6.07) is 1.79. The van der Waals surface area contributed by atoms with E-state index in [2.05, 4.69) is 36.4 Å². The summed E-state index contributed by atoms with van der Waals surface area (Å²) >= 11 is 9.31. The summed E-state index contributed by atoms with van der Waals surface area (Å²) in [6.07, 6.45) is 3.33. The van der Waals surface area contributed by atoms with Gasteiger partial charge in [0.05, 0.1) is 11.6 Å². The number of aryl methyl sites for hydroxylation is 1. The zero-order valence-electron chi connectivity index (χ0n) is 8.48. The molecule has 0 aliphatic carbocycles. The van der Waals surface area contributed by atoms with Gasteiger partial charge in [0.15, 0.2) is 5.82 Å². The highest BCUT2D eigenvalue weighted by Gasteiger charge is 2.04. The van der Waals surface area contributed by atoms with Crippen molar-refractivity contribution in [1.29, 1.82) is 0 Å². The maximum atomic E-state index is 6.01. The molecule has 2 aromatic heterocycles. The smallest absolute Gasteiger partial charge is 0.151 e. The topological polar surface area (TPSA) is 55.6 Å². The summed E-state index contributed by atoms with van der Waals surface area (Å²) < 4.78 is 2.68. The number of hydrogen-bond donors (Lipinski definition) is 1. The third-order valence-corrected chi connectivity index (χ3v) is 2.75. The molecule has 2 heterocycles. The van der Waals surface area contributed by atoms with Crippen molar-refractivity contribution < 1.29 is 0 Å². The Labute approximate surface area is 106 Å². The van der Waals surface area contributed by atoms with Crippen molar-refractivity contribution in [2.45, 2.75) is 6.54 Å². The van der Waals surface area contributed by atoms with Crippen molar-refractivity contribution in [3.05, 3.63) is 33.9 Å². The maximum Gasteiger partial charge on any atom is 0.151 e. The lowest BCUT2D eigenvalue weighted by Gasteiger charge is -2.06. The summed E-state index contributed by atoms with van der Waals surface area (Å²) in [5.74, 6) is 1.45. The van der Waals surface area contributed by atoms with Crippen molar-refractivity contribution in [2.75, 3.05) is 5.32 Å². The highest BCUT2D eigenvalue weighted by molar-refractivity contribution is 9.10. The average Bonchev–Trinajstić information content (AvgIpc) is 2.63. The zero-order valence-corrected chi connectivity index (χ0v) is 10.8. The van der Waals surface area contributed by atoms with Crippen LogP contribution in [0.1, 0.15) is 5.82 Å². The molecule has 0 amide bonds. The minimum atomic E-state index is 0.533. The fourth-order valence-electron chi connectivity index (χ4n) is 1.17. The van der Waals surface area contributed by atoms with Gasteiger partial charge in [-0.05, 0) is 22.0 Å². The Morgan fingerprint density at radius 1 is 1.56 bits per heavy atom. The molecule has 2 rings (SSSR count). The lowest BCUT2D eigenvalue weighted by Crippen LogP contribution is -2.07. The number of pyridine rings is 1. The number of halogens is 2. The first-order chi connectivity index (χ1) is 7.66. The lowest BCUT2D eigenvalue weighted by molar-refractivity contribution is 0.810. The van der Waals surface area contributed by atoms with E-state index in [9.17, 15) is 0 Å². The standard InChI is InChI=1S/C9H9BrClN5/c1-16-5-14-15-8(16)4-13-9-7(11)2-6(10)3-12-9/h2-3,5H,4H2,1H3,(H,12,13). The molecule has 84 valence electrons. The molecular formula is C9H9BrClN5. The van der Waals surface area contributed by atoms with E-state index in [0.29, 0.717) is 17.4 Å². The second-order valence-electron chi connectivity index (χ2n) is 3.20. The third kappa shape index (κ3) is 2.51. The predicted octanol–water partition coefficient (Wildman–Crippen LogP) is 2.24. The zero-order chi connectivity index (χ0) is 11.5. The van der Waals surface area contributed by atoms with Gasteiger partial charge >= 0.3 is 0 Å². The van der Waals surface area contributed by atoms with Crippen LogP contribution in [0.4, 0.5) is 5.82 Å². The van der Waals surface area contributed by atoms with E-state index in [-0.39, 0.29) is 0 Å². The molecule has 0 radical (unpaired) electrons. The molecule has 5 nitrogen and oxygen atoms in total. The Kier molecular flexibility index (Phi) is 3.40. The molecule has 0 aliphatic heterocycles. The van der Waals surface area contributed by atoms with Crippen LogP contribution in [0.5, 0.6) is 0 Å². The largest absolute Gasteiger partial charge is 0.362 e. The monoisotopic (exact) mass is 301 g/mol. The second-order valence-corrected chi connectivity index (χ2v) is 4.52. The van der Waals surface area contributed by atoms with Gasteiger partial charge in [-0.3, -0.25) is 0 Å². The minimum Gasteiger partial charge on any atom is -0.362 e. The van der Waals surface area contributed by atoms with Gasteiger partial charge < -0.3 is 9.88 Å². The van der Waals surface area contributed by atoms with E-state index in [1.165, 1.54) is 0 Å². The van der Waals surface area contributed by atoms with Gasteiger partial charge in [0.1, 0.15) is 12.1 Å². The summed E-state index contributed by atoms with van der Waals surface area (Å²) in [5.41, 5.74) is 0. The highest BCUT2D eigenvalue weighted by Crippen LogP contribution is 2.22. The van der Waals surface area contributed by atoms with E-state index < -0.39 is 0 Å². The Balaban J connectivity index is 2.08. The molecule has 0 unspecified atom stereocenters. The Hall–Kier alpha value is -1.14. The number of nitrogens with one attached hydrogen (secondary N) is 1. The molecule has 0 saturated carbocycles. The maximum absolute atomic E-state index is 6.01. The first-order valence-corrected chi connectivity index (χ1v) is 5.71. The van der Waals surface area contributed by atoms with Crippen LogP contribution in [0.2, 0.25) is 5.02 Å². The van der Waals surface area contributed by atoms with E-state index in [4.69, 9.17) is 11.6 Å². The number of aromatic nitrogens is 4. The molecular weight excluding hydrogens is 293 g/mol. The van der Waals surface area contributed by atoms with Gasteiger partial charge in [0, 0.05) is 17.7 Å². The number of rotatable bonds is 3. The predicted molar refractivity (Wildman–Crippen MR) is 65.3 cm³/mol.